The van der Waals surface area contributed by atoms with Gasteiger partial charge in [0, 0.05) is 18.9 Å². The Labute approximate surface area is 108 Å². The molecule has 1 N–H and O–H groups in total. The van der Waals surface area contributed by atoms with E-state index < -0.39 is 9.84 Å². The molecule has 0 aromatic carbocycles. The lowest BCUT2D eigenvalue weighted by molar-refractivity contribution is -0.116. The first-order chi connectivity index (χ1) is 8.20. The van der Waals surface area contributed by atoms with Crippen LogP contribution in [0.3, 0.4) is 0 Å². The Balaban J connectivity index is 2.90. The van der Waals surface area contributed by atoms with Crippen molar-refractivity contribution in [2.45, 2.75) is 32.1 Å². The number of anilines is 1. The van der Waals surface area contributed by atoms with E-state index >= 15 is 0 Å². The summed E-state index contributed by atoms with van der Waals surface area (Å²) in [4.78, 5) is 15.7. The molecule has 1 aromatic rings. The van der Waals surface area contributed by atoms with E-state index in [9.17, 15) is 13.2 Å². The number of hydrogen-bond acceptors (Lipinski definition) is 4. The number of nitrogens with one attached hydrogen (secondary N) is 1. The zero-order chi connectivity index (χ0) is 13.9. The number of nitrogens with zero attached hydrogens (tertiary/aromatic N) is 1. The first-order valence-corrected chi connectivity index (χ1v) is 7.56. The maximum absolute atomic E-state index is 11.6. The zero-order valence-electron chi connectivity index (χ0n) is 11.0. The first-order valence-electron chi connectivity index (χ1n) is 5.66. The van der Waals surface area contributed by atoms with E-state index in [2.05, 4.69) is 10.3 Å². The van der Waals surface area contributed by atoms with Crippen LogP contribution in [0.4, 0.5) is 5.82 Å². The largest absolute Gasteiger partial charge is 0.310 e. The highest BCUT2D eigenvalue weighted by atomic mass is 32.2. The van der Waals surface area contributed by atoms with Crippen LogP contribution in [0.5, 0.6) is 0 Å². The second kappa shape index (κ2) is 5.48. The molecular weight excluding hydrogens is 252 g/mol. The van der Waals surface area contributed by atoms with Gasteiger partial charge in [0.05, 0.1) is 4.90 Å². The molecule has 0 fully saturated rings. The van der Waals surface area contributed by atoms with E-state index in [0.717, 1.165) is 6.26 Å². The van der Waals surface area contributed by atoms with Gasteiger partial charge < -0.3 is 5.32 Å². The van der Waals surface area contributed by atoms with Crippen LogP contribution in [-0.4, -0.2) is 25.6 Å². The number of aromatic nitrogens is 1. The van der Waals surface area contributed by atoms with Crippen molar-refractivity contribution < 1.29 is 13.2 Å². The normalized spacial score (nSPS) is 11.6. The minimum atomic E-state index is -3.26. The molecule has 0 aliphatic heterocycles. The summed E-state index contributed by atoms with van der Waals surface area (Å²) in [5.74, 6) is 0.557. The van der Waals surface area contributed by atoms with Gasteiger partial charge in [-0.1, -0.05) is 13.8 Å². The lowest BCUT2D eigenvalue weighted by atomic mass is 10.1. The van der Waals surface area contributed by atoms with Crippen LogP contribution in [0.25, 0.3) is 0 Å². The van der Waals surface area contributed by atoms with E-state index in [-0.39, 0.29) is 16.7 Å². The molecule has 5 nitrogen and oxygen atoms in total. The molecule has 0 saturated heterocycles. The maximum atomic E-state index is 11.6. The summed E-state index contributed by atoms with van der Waals surface area (Å²) in [6, 6.07) is 1.51. The van der Waals surface area contributed by atoms with E-state index in [4.69, 9.17) is 0 Å². The minimum absolute atomic E-state index is 0.118. The molecule has 6 heteroatoms. The summed E-state index contributed by atoms with van der Waals surface area (Å²) in [6.45, 7) is 5.62. The van der Waals surface area contributed by atoms with E-state index in [1.807, 2.05) is 13.8 Å². The van der Waals surface area contributed by atoms with Gasteiger partial charge in [-0.25, -0.2) is 13.4 Å². The van der Waals surface area contributed by atoms with Crippen LogP contribution in [0.2, 0.25) is 0 Å². The number of sulfone groups is 1. The Kier molecular flexibility index (Phi) is 4.45. The number of rotatable bonds is 4. The quantitative estimate of drug-likeness (QED) is 0.904. The van der Waals surface area contributed by atoms with Crippen molar-refractivity contribution >= 4 is 21.6 Å². The van der Waals surface area contributed by atoms with Crippen LogP contribution < -0.4 is 5.32 Å². The van der Waals surface area contributed by atoms with Crippen molar-refractivity contribution in [1.29, 1.82) is 0 Å². The predicted octanol–water partition coefficient (Wildman–Crippen LogP) is 1.78. The number of amides is 1. The molecule has 1 rings (SSSR count). The first kappa shape index (κ1) is 14.6. The number of carbonyl (C=O) groups is 1. The van der Waals surface area contributed by atoms with E-state index in [1.54, 1.807) is 6.92 Å². The molecule has 0 spiro atoms. The highest BCUT2D eigenvalue weighted by Gasteiger charge is 2.12. The fraction of sp³-hybridized carbons (Fsp3) is 0.500. The Morgan fingerprint density at radius 2 is 2.06 bits per heavy atom. The Morgan fingerprint density at radius 1 is 1.44 bits per heavy atom. The van der Waals surface area contributed by atoms with Crippen LogP contribution in [-0.2, 0) is 14.6 Å². The second-order valence-corrected chi connectivity index (χ2v) is 6.77. The highest BCUT2D eigenvalue weighted by Crippen LogP contribution is 2.17. The van der Waals surface area contributed by atoms with Crippen molar-refractivity contribution in [3.8, 4) is 0 Å². The van der Waals surface area contributed by atoms with Gasteiger partial charge in [0.2, 0.25) is 5.91 Å². The molecule has 0 unspecified atom stereocenters. The summed E-state index contributed by atoms with van der Waals surface area (Å²) < 4.78 is 22.7. The van der Waals surface area contributed by atoms with Crippen molar-refractivity contribution in [3.63, 3.8) is 0 Å². The third-order valence-corrected chi connectivity index (χ3v) is 3.41. The fourth-order valence-corrected chi connectivity index (χ4v) is 2.07. The predicted molar refractivity (Wildman–Crippen MR) is 70.2 cm³/mol. The summed E-state index contributed by atoms with van der Waals surface area (Å²) in [7, 11) is -3.26. The average molecular weight is 270 g/mol. The zero-order valence-corrected chi connectivity index (χ0v) is 11.8. The van der Waals surface area contributed by atoms with Crippen molar-refractivity contribution in [3.05, 3.63) is 17.8 Å². The Bertz CT molecular complexity index is 550. The molecule has 18 heavy (non-hydrogen) atoms. The SMILES string of the molecule is Cc1cc(S(C)(=O)=O)cnc1NC(=O)CC(C)C. The van der Waals surface area contributed by atoms with Crippen LogP contribution in [0.15, 0.2) is 17.2 Å². The number of pyridine rings is 1. The van der Waals surface area contributed by atoms with Crippen LogP contribution >= 0.6 is 0 Å². The molecule has 1 amide bonds. The molecule has 100 valence electrons. The molecule has 0 aliphatic carbocycles. The monoisotopic (exact) mass is 270 g/mol. The molecule has 1 aromatic heterocycles. The molecule has 0 saturated carbocycles. The van der Waals surface area contributed by atoms with Gasteiger partial charge in [-0.05, 0) is 24.5 Å². The topological polar surface area (TPSA) is 76.1 Å². The lowest BCUT2D eigenvalue weighted by Crippen LogP contribution is -2.16. The van der Waals surface area contributed by atoms with Crippen molar-refractivity contribution in [2.24, 2.45) is 5.92 Å². The third kappa shape index (κ3) is 4.10. The summed E-state index contributed by atoms with van der Waals surface area (Å²) in [6.07, 6.45) is 2.79. The molecule has 0 radical (unpaired) electrons. The summed E-state index contributed by atoms with van der Waals surface area (Å²) >= 11 is 0. The van der Waals surface area contributed by atoms with Crippen molar-refractivity contribution in [1.82, 2.24) is 4.98 Å². The van der Waals surface area contributed by atoms with Gasteiger partial charge in [0.15, 0.2) is 9.84 Å². The number of carbonyl (C=O) groups excluding carboxylic acids is 1. The number of aryl methyl sites for hydroxylation is 1. The van der Waals surface area contributed by atoms with Gasteiger partial charge in [0.1, 0.15) is 5.82 Å². The molecule has 0 atom stereocenters. The van der Waals surface area contributed by atoms with E-state index in [1.165, 1.54) is 12.3 Å². The molecular formula is C12H18N2O3S. The van der Waals surface area contributed by atoms with Gasteiger partial charge in [0.25, 0.3) is 0 Å². The molecule has 0 bridgehead atoms. The van der Waals surface area contributed by atoms with Gasteiger partial charge in [-0.15, -0.1) is 0 Å². The van der Waals surface area contributed by atoms with Gasteiger partial charge in [-0.3, -0.25) is 4.79 Å². The minimum Gasteiger partial charge on any atom is -0.310 e. The molecule has 1 heterocycles. The maximum Gasteiger partial charge on any atom is 0.225 e. The van der Waals surface area contributed by atoms with Crippen molar-refractivity contribution in [2.75, 3.05) is 11.6 Å². The van der Waals surface area contributed by atoms with Gasteiger partial charge in [-0.2, -0.15) is 0 Å². The Morgan fingerprint density at radius 3 is 2.50 bits per heavy atom. The van der Waals surface area contributed by atoms with Crippen LogP contribution in [0, 0.1) is 12.8 Å². The second-order valence-electron chi connectivity index (χ2n) is 4.75. The number of hydrogen-bond donors (Lipinski definition) is 1. The smallest absolute Gasteiger partial charge is 0.225 e. The average Bonchev–Trinajstić information content (AvgIpc) is 2.18. The Hall–Kier alpha value is -1.43. The molecule has 0 aliphatic rings. The fourth-order valence-electron chi connectivity index (χ4n) is 1.44. The summed E-state index contributed by atoms with van der Waals surface area (Å²) in [5.41, 5.74) is 0.634. The third-order valence-electron chi connectivity index (χ3n) is 2.33. The summed E-state index contributed by atoms with van der Waals surface area (Å²) in [5, 5.41) is 2.68. The highest BCUT2D eigenvalue weighted by molar-refractivity contribution is 7.90. The van der Waals surface area contributed by atoms with Gasteiger partial charge >= 0.3 is 0 Å². The lowest BCUT2D eigenvalue weighted by Gasteiger charge is -2.09. The van der Waals surface area contributed by atoms with E-state index in [0.29, 0.717) is 17.8 Å². The standard InChI is InChI=1S/C12H18N2O3S/c1-8(2)5-11(15)14-12-9(3)6-10(7-13-12)18(4,16)17/h6-8H,5H2,1-4H3,(H,13,14,15). The van der Waals surface area contributed by atoms with Crippen LogP contribution in [0.1, 0.15) is 25.8 Å².